The first-order valence-corrected chi connectivity index (χ1v) is 13.1. The number of carbonyl (C=O) groups excluding carboxylic acids is 2. The maximum atomic E-state index is 14.1. The summed E-state index contributed by atoms with van der Waals surface area (Å²) in [6, 6.07) is 17.9. The zero-order valence-electron chi connectivity index (χ0n) is 22.9. The molecule has 4 aromatic rings. The number of rotatable bonds is 7. The molecule has 2 aliphatic rings. The van der Waals surface area contributed by atoms with E-state index in [0.29, 0.717) is 29.4 Å². The van der Waals surface area contributed by atoms with E-state index in [4.69, 9.17) is 18.9 Å². The number of benzene rings is 3. The minimum Gasteiger partial charge on any atom is -0.497 e. The number of hydrogen-bond donors (Lipinski definition) is 1. The van der Waals surface area contributed by atoms with E-state index in [1.807, 2.05) is 48.5 Å². The summed E-state index contributed by atoms with van der Waals surface area (Å²) >= 11 is 0. The molecule has 0 radical (unpaired) electrons. The number of aromatic nitrogens is 1. The number of fused-ring (bicyclic) bond motifs is 4. The van der Waals surface area contributed by atoms with Gasteiger partial charge >= 0.3 is 0 Å². The number of piperazine rings is 1. The van der Waals surface area contributed by atoms with Gasteiger partial charge in [-0.05, 0) is 47.5 Å². The zero-order chi connectivity index (χ0) is 28.0. The van der Waals surface area contributed by atoms with Crippen LogP contribution in [0.2, 0.25) is 0 Å². The topological polar surface area (TPSA) is 93.3 Å². The van der Waals surface area contributed by atoms with Crippen LogP contribution in [0.5, 0.6) is 23.0 Å². The van der Waals surface area contributed by atoms with Crippen molar-refractivity contribution in [3.63, 3.8) is 0 Å². The van der Waals surface area contributed by atoms with Crippen LogP contribution in [0.1, 0.15) is 28.4 Å². The second-order valence-electron chi connectivity index (χ2n) is 9.98. The van der Waals surface area contributed by atoms with Crippen molar-refractivity contribution in [3.8, 4) is 23.0 Å². The van der Waals surface area contributed by atoms with E-state index < -0.39 is 12.1 Å². The lowest BCUT2D eigenvalue weighted by Crippen LogP contribution is -2.62. The van der Waals surface area contributed by atoms with Gasteiger partial charge in [-0.3, -0.25) is 9.59 Å². The second-order valence-corrected chi connectivity index (χ2v) is 9.98. The highest BCUT2D eigenvalue weighted by molar-refractivity contribution is 5.97. The second kappa shape index (κ2) is 10.1. The van der Waals surface area contributed by atoms with Crippen molar-refractivity contribution in [2.45, 2.75) is 25.0 Å². The first-order chi connectivity index (χ1) is 19.5. The van der Waals surface area contributed by atoms with E-state index in [1.165, 1.54) is 0 Å². The highest BCUT2D eigenvalue weighted by atomic mass is 16.5. The van der Waals surface area contributed by atoms with Crippen molar-refractivity contribution in [2.75, 3.05) is 35.0 Å². The van der Waals surface area contributed by atoms with E-state index in [1.54, 1.807) is 44.3 Å². The first kappa shape index (κ1) is 25.6. The molecule has 0 spiro atoms. The van der Waals surface area contributed by atoms with Crippen molar-refractivity contribution in [2.24, 2.45) is 0 Å². The fourth-order valence-electron chi connectivity index (χ4n) is 6.03. The van der Waals surface area contributed by atoms with Crippen molar-refractivity contribution in [3.05, 3.63) is 83.0 Å². The lowest BCUT2D eigenvalue weighted by molar-refractivity contribution is -0.159. The molecule has 3 heterocycles. The molecule has 2 atom stereocenters. The number of aromatic amines is 1. The first-order valence-electron chi connectivity index (χ1n) is 13.1. The molecule has 1 saturated heterocycles. The van der Waals surface area contributed by atoms with Gasteiger partial charge in [0.1, 0.15) is 30.1 Å². The average Bonchev–Trinajstić information content (AvgIpc) is 3.36. The van der Waals surface area contributed by atoms with Crippen LogP contribution in [-0.4, -0.2) is 67.6 Å². The molecule has 1 fully saturated rings. The van der Waals surface area contributed by atoms with Gasteiger partial charge in [-0.2, -0.15) is 0 Å². The molecule has 0 unspecified atom stereocenters. The quantitative estimate of drug-likeness (QED) is 0.379. The smallest absolute Gasteiger partial charge is 0.246 e. The van der Waals surface area contributed by atoms with Crippen LogP contribution in [-0.2, 0) is 22.6 Å². The molecular formula is C31H31N3O6. The standard InChI is InChI=1S/C31H31N3O6/c1-37-19-10-12-25(38-2)22(14-19)30-29-21(20-7-5-6-8-23(20)32-29)15-24-31(36)33(17-28(35)34(24)30)16-18-9-11-26(39-3)27(13-18)40-4/h5-14,24,30,32H,15-17H2,1-4H3/t24-,30+/m0/s1. The van der Waals surface area contributed by atoms with Crippen LogP contribution in [0.25, 0.3) is 10.9 Å². The summed E-state index contributed by atoms with van der Waals surface area (Å²) in [5, 5.41) is 1.04. The zero-order valence-corrected chi connectivity index (χ0v) is 22.9. The maximum absolute atomic E-state index is 14.1. The number of ether oxygens (including phenoxy) is 4. The molecule has 1 N–H and O–H groups in total. The Bertz CT molecular complexity index is 1610. The average molecular weight is 542 g/mol. The third-order valence-corrected chi connectivity index (χ3v) is 7.90. The van der Waals surface area contributed by atoms with Gasteiger partial charge in [0, 0.05) is 35.1 Å². The van der Waals surface area contributed by atoms with Gasteiger partial charge in [-0.25, -0.2) is 0 Å². The molecular weight excluding hydrogens is 510 g/mol. The fourth-order valence-corrected chi connectivity index (χ4v) is 6.03. The molecule has 3 aromatic carbocycles. The molecule has 40 heavy (non-hydrogen) atoms. The summed E-state index contributed by atoms with van der Waals surface area (Å²) in [5.41, 5.74) is 4.48. The summed E-state index contributed by atoms with van der Waals surface area (Å²) < 4.78 is 22.1. The normalized spacial score (nSPS) is 18.4. The van der Waals surface area contributed by atoms with E-state index in [9.17, 15) is 9.59 Å². The van der Waals surface area contributed by atoms with Crippen molar-refractivity contribution in [1.29, 1.82) is 0 Å². The summed E-state index contributed by atoms with van der Waals surface area (Å²) in [6.45, 7) is 0.241. The molecule has 0 aliphatic carbocycles. The van der Waals surface area contributed by atoms with Gasteiger partial charge in [0.25, 0.3) is 0 Å². The SMILES string of the molecule is COc1ccc(OC)c([C@@H]2c3[nH]c4ccccc4c3C[C@H]3C(=O)N(Cc4ccc(OC)c(OC)c4)CC(=O)N23)c1. The molecule has 6 rings (SSSR count). The molecule has 0 saturated carbocycles. The van der Waals surface area contributed by atoms with Gasteiger partial charge < -0.3 is 33.7 Å². The van der Waals surface area contributed by atoms with E-state index >= 15 is 0 Å². The molecule has 206 valence electrons. The van der Waals surface area contributed by atoms with E-state index in [2.05, 4.69) is 11.1 Å². The lowest BCUT2D eigenvalue weighted by atomic mass is 9.85. The number of H-pyrrole nitrogens is 1. The highest BCUT2D eigenvalue weighted by Crippen LogP contribution is 2.46. The highest BCUT2D eigenvalue weighted by Gasteiger charge is 2.49. The molecule has 9 heteroatoms. The number of amides is 2. The predicted molar refractivity (Wildman–Crippen MR) is 149 cm³/mol. The Morgan fingerprint density at radius 2 is 1.60 bits per heavy atom. The minimum atomic E-state index is -0.672. The van der Waals surface area contributed by atoms with Gasteiger partial charge in [0.2, 0.25) is 11.8 Å². The van der Waals surface area contributed by atoms with Crippen molar-refractivity contribution >= 4 is 22.7 Å². The van der Waals surface area contributed by atoms with Gasteiger partial charge in [-0.1, -0.05) is 24.3 Å². The Morgan fingerprint density at radius 1 is 0.850 bits per heavy atom. The number of nitrogens with zero attached hydrogens (tertiary/aromatic N) is 2. The molecule has 0 bridgehead atoms. The van der Waals surface area contributed by atoms with Gasteiger partial charge in [0.15, 0.2) is 11.5 Å². The monoisotopic (exact) mass is 541 g/mol. The molecule has 2 aliphatic heterocycles. The third kappa shape index (κ3) is 4.09. The summed E-state index contributed by atoms with van der Waals surface area (Å²) in [6.07, 6.45) is 0.412. The fraction of sp³-hybridized carbons (Fsp3) is 0.290. The van der Waals surface area contributed by atoms with Crippen LogP contribution in [0.3, 0.4) is 0 Å². The molecule has 9 nitrogen and oxygen atoms in total. The van der Waals surface area contributed by atoms with Crippen LogP contribution in [0, 0.1) is 0 Å². The number of nitrogens with one attached hydrogen (secondary N) is 1. The largest absolute Gasteiger partial charge is 0.497 e. The van der Waals surface area contributed by atoms with Crippen molar-refractivity contribution in [1.82, 2.24) is 14.8 Å². The number of carbonyl (C=O) groups is 2. The Balaban J connectivity index is 1.44. The van der Waals surface area contributed by atoms with Crippen LogP contribution >= 0.6 is 0 Å². The predicted octanol–water partition coefficient (Wildman–Crippen LogP) is 4.09. The molecule has 1 aromatic heterocycles. The van der Waals surface area contributed by atoms with Crippen LogP contribution < -0.4 is 18.9 Å². The molecule has 2 amide bonds. The third-order valence-electron chi connectivity index (χ3n) is 7.90. The van der Waals surface area contributed by atoms with Crippen molar-refractivity contribution < 1.29 is 28.5 Å². The van der Waals surface area contributed by atoms with Gasteiger partial charge in [0.05, 0.1) is 28.4 Å². The Morgan fingerprint density at radius 3 is 2.35 bits per heavy atom. The van der Waals surface area contributed by atoms with Gasteiger partial charge in [-0.15, -0.1) is 0 Å². The maximum Gasteiger partial charge on any atom is 0.246 e. The number of para-hydroxylation sites is 1. The summed E-state index contributed by atoms with van der Waals surface area (Å²) in [5.74, 6) is 2.20. The Labute approximate surface area is 232 Å². The van der Waals surface area contributed by atoms with Crippen LogP contribution in [0.4, 0.5) is 0 Å². The Hall–Kier alpha value is -4.66. The number of hydrogen-bond acceptors (Lipinski definition) is 6. The van der Waals surface area contributed by atoms with E-state index in [0.717, 1.165) is 33.3 Å². The minimum absolute atomic E-state index is 0.0397. The number of methoxy groups -OCH3 is 4. The van der Waals surface area contributed by atoms with E-state index in [-0.39, 0.29) is 24.9 Å². The Kier molecular flexibility index (Phi) is 6.50. The summed E-state index contributed by atoms with van der Waals surface area (Å²) in [4.78, 5) is 35.0. The summed E-state index contributed by atoms with van der Waals surface area (Å²) in [7, 11) is 6.36. The van der Waals surface area contributed by atoms with Crippen LogP contribution in [0.15, 0.2) is 60.7 Å². The lowest BCUT2D eigenvalue weighted by Gasteiger charge is -2.47.